The fraction of sp³-hybridized carbons (Fsp3) is 0.263. The second-order valence-electron chi connectivity index (χ2n) is 5.98. The Morgan fingerprint density at radius 1 is 1.04 bits per heavy atom. The molecule has 1 aliphatic heterocycles. The second-order valence-corrected chi connectivity index (χ2v) is 6.42. The van der Waals surface area contributed by atoms with E-state index in [1.165, 1.54) is 0 Å². The Morgan fingerprint density at radius 3 is 2.73 bits per heavy atom. The molecule has 0 saturated carbocycles. The van der Waals surface area contributed by atoms with Gasteiger partial charge in [0.1, 0.15) is 0 Å². The summed E-state index contributed by atoms with van der Waals surface area (Å²) in [4.78, 5) is 2.32. The van der Waals surface area contributed by atoms with Gasteiger partial charge < -0.3 is 19.4 Å². The highest BCUT2D eigenvalue weighted by molar-refractivity contribution is 6.30. The first kappa shape index (κ1) is 16.9. The van der Waals surface area contributed by atoms with Crippen molar-refractivity contribution in [3.05, 3.63) is 59.4 Å². The van der Waals surface area contributed by atoms with Gasteiger partial charge in [-0.15, -0.1) is 10.2 Å². The number of hydrogen-bond acceptors (Lipinski definition) is 6. The fourth-order valence-electron chi connectivity index (χ4n) is 2.94. The molecule has 134 valence electrons. The summed E-state index contributed by atoms with van der Waals surface area (Å²) in [6, 6.07) is 15.6. The zero-order valence-electron chi connectivity index (χ0n) is 14.2. The lowest BCUT2D eigenvalue weighted by atomic mass is 10.2. The minimum absolute atomic E-state index is 0.453. The third-order valence-electron chi connectivity index (χ3n) is 4.22. The monoisotopic (exact) mass is 370 g/mol. The van der Waals surface area contributed by atoms with Crippen LogP contribution in [0, 0.1) is 0 Å². The number of nitrogens with one attached hydrogen (secondary N) is 1. The zero-order chi connectivity index (χ0) is 17.8. The van der Waals surface area contributed by atoms with Crippen molar-refractivity contribution in [1.29, 1.82) is 0 Å². The molecule has 4 rings (SSSR count). The van der Waals surface area contributed by atoms with Crippen LogP contribution in [0.5, 0.6) is 0 Å². The average molecular weight is 371 g/mol. The molecule has 3 aromatic rings. The van der Waals surface area contributed by atoms with Crippen molar-refractivity contribution in [3.63, 3.8) is 0 Å². The maximum Gasteiger partial charge on any atom is 0.247 e. The predicted molar refractivity (Wildman–Crippen MR) is 102 cm³/mol. The molecule has 26 heavy (non-hydrogen) atoms. The summed E-state index contributed by atoms with van der Waals surface area (Å²) in [5.74, 6) is 0.988. The number of aromatic nitrogens is 2. The lowest BCUT2D eigenvalue weighted by Crippen LogP contribution is -2.36. The zero-order valence-corrected chi connectivity index (χ0v) is 14.9. The van der Waals surface area contributed by atoms with E-state index in [-0.39, 0.29) is 0 Å². The van der Waals surface area contributed by atoms with Gasteiger partial charge in [-0.1, -0.05) is 29.8 Å². The van der Waals surface area contributed by atoms with E-state index in [1.54, 1.807) is 6.07 Å². The molecule has 0 bridgehead atoms. The number of hydrogen-bond donors (Lipinski definition) is 1. The van der Waals surface area contributed by atoms with Crippen LogP contribution in [0.4, 0.5) is 11.4 Å². The summed E-state index contributed by atoms with van der Waals surface area (Å²) in [7, 11) is 0. The molecule has 1 aliphatic rings. The normalized spacial score (nSPS) is 14.4. The van der Waals surface area contributed by atoms with Gasteiger partial charge >= 0.3 is 0 Å². The van der Waals surface area contributed by atoms with E-state index in [0.717, 1.165) is 43.2 Å². The molecule has 2 aromatic carbocycles. The van der Waals surface area contributed by atoms with Gasteiger partial charge in [0, 0.05) is 23.7 Å². The van der Waals surface area contributed by atoms with E-state index >= 15 is 0 Å². The molecule has 6 nitrogen and oxygen atoms in total. The number of para-hydroxylation sites is 2. The quantitative estimate of drug-likeness (QED) is 0.736. The Balaban J connectivity index is 1.47. The smallest absolute Gasteiger partial charge is 0.247 e. The molecule has 1 fully saturated rings. The molecule has 2 heterocycles. The summed E-state index contributed by atoms with van der Waals surface area (Å²) < 4.78 is 11.2. The summed E-state index contributed by atoms with van der Waals surface area (Å²) in [6.07, 6.45) is 0. The molecular weight excluding hydrogens is 352 g/mol. The van der Waals surface area contributed by atoms with Gasteiger partial charge in [-0.25, -0.2) is 0 Å². The molecule has 1 saturated heterocycles. The van der Waals surface area contributed by atoms with Crippen molar-refractivity contribution in [1.82, 2.24) is 10.2 Å². The molecule has 0 aliphatic carbocycles. The van der Waals surface area contributed by atoms with Gasteiger partial charge in [0.15, 0.2) is 0 Å². The SMILES string of the molecule is Clc1cccc(-c2nnc(CNc3ccccc3N3CCOCC3)o2)c1. The van der Waals surface area contributed by atoms with Crippen molar-refractivity contribution >= 4 is 23.0 Å². The lowest BCUT2D eigenvalue weighted by Gasteiger charge is -2.30. The van der Waals surface area contributed by atoms with E-state index in [1.807, 2.05) is 30.3 Å². The summed E-state index contributed by atoms with van der Waals surface area (Å²) in [5.41, 5.74) is 3.01. The highest BCUT2D eigenvalue weighted by atomic mass is 35.5. The molecule has 0 amide bonds. The van der Waals surface area contributed by atoms with Gasteiger partial charge in [-0.05, 0) is 30.3 Å². The van der Waals surface area contributed by atoms with Crippen LogP contribution in [0.25, 0.3) is 11.5 Å². The first-order valence-corrected chi connectivity index (χ1v) is 8.91. The van der Waals surface area contributed by atoms with Gasteiger partial charge in [-0.2, -0.15) is 0 Å². The Bertz CT molecular complexity index is 877. The average Bonchev–Trinajstić information content (AvgIpc) is 3.16. The number of rotatable bonds is 5. The number of ether oxygens (including phenoxy) is 1. The van der Waals surface area contributed by atoms with Crippen molar-refractivity contribution in [2.45, 2.75) is 6.54 Å². The van der Waals surface area contributed by atoms with E-state index < -0.39 is 0 Å². The van der Waals surface area contributed by atoms with Crippen LogP contribution < -0.4 is 10.2 Å². The van der Waals surface area contributed by atoms with Crippen LogP contribution in [-0.4, -0.2) is 36.5 Å². The van der Waals surface area contributed by atoms with Crippen molar-refractivity contribution in [3.8, 4) is 11.5 Å². The highest BCUT2D eigenvalue weighted by Gasteiger charge is 2.15. The molecule has 0 radical (unpaired) electrons. The number of benzene rings is 2. The van der Waals surface area contributed by atoms with Crippen molar-refractivity contribution < 1.29 is 9.15 Å². The topological polar surface area (TPSA) is 63.4 Å². The maximum absolute atomic E-state index is 6.02. The Labute approximate surface area is 156 Å². The lowest BCUT2D eigenvalue weighted by molar-refractivity contribution is 0.123. The van der Waals surface area contributed by atoms with Gasteiger partial charge in [-0.3, -0.25) is 0 Å². The number of halogens is 1. The van der Waals surface area contributed by atoms with Gasteiger partial charge in [0.2, 0.25) is 11.8 Å². The largest absolute Gasteiger partial charge is 0.419 e. The van der Waals surface area contributed by atoms with Gasteiger partial charge in [0.25, 0.3) is 0 Å². The molecule has 1 aromatic heterocycles. The fourth-order valence-corrected chi connectivity index (χ4v) is 3.13. The summed E-state index contributed by atoms with van der Waals surface area (Å²) in [5, 5.41) is 12.3. The van der Waals surface area contributed by atoms with Crippen LogP contribution in [0.15, 0.2) is 52.9 Å². The predicted octanol–water partition coefficient (Wildman–Crippen LogP) is 3.84. The first-order chi connectivity index (χ1) is 12.8. The minimum Gasteiger partial charge on any atom is -0.419 e. The molecule has 0 spiro atoms. The Hall–Kier alpha value is -2.57. The highest BCUT2D eigenvalue weighted by Crippen LogP contribution is 2.27. The maximum atomic E-state index is 6.02. The van der Waals surface area contributed by atoms with Crippen molar-refractivity contribution in [2.75, 3.05) is 36.5 Å². The first-order valence-electron chi connectivity index (χ1n) is 8.53. The minimum atomic E-state index is 0.453. The summed E-state index contributed by atoms with van der Waals surface area (Å²) >= 11 is 6.02. The molecule has 7 heteroatoms. The van der Waals surface area contributed by atoms with E-state index in [9.17, 15) is 0 Å². The number of anilines is 2. The number of nitrogens with zero attached hydrogens (tertiary/aromatic N) is 3. The van der Waals surface area contributed by atoms with Crippen LogP contribution in [0.2, 0.25) is 5.02 Å². The van der Waals surface area contributed by atoms with Crippen molar-refractivity contribution in [2.24, 2.45) is 0 Å². The van der Waals surface area contributed by atoms with E-state index in [2.05, 4.69) is 32.5 Å². The third kappa shape index (κ3) is 3.81. The molecule has 0 atom stereocenters. The van der Waals surface area contributed by atoms with Crippen LogP contribution in [-0.2, 0) is 11.3 Å². The standard InChI is InChI=1S/C19H19ClN4O2/c20-15-5-3-4-14(12-15)19-23-22-18(26-19)13-21-16-6-1-2-7-17(16)24-8-10-25-11-9-24/h1-7,12,21H,8-11,13H2. The van der Waals surface area contributed by atoms with Crippen LogP contribution in [0.3, 0.4) is 0 Å². The van der Waals surface area contributed by atoms with Crippen LogP contribution in [0.1, 0.15) is 5.89 Å². The molecule has 1 N–H and O–H groups in total. The van der Waals surface area contributed by atoms with E-state index in [4.69, 9.17) is 20.8 Å². The molecule has 0 unspecified atom stereocenters. The molecular formula is C19H19ClN4O2. The second kappa shape index (κ2) is 7.76. The number of morpholine rings is 1. The third-order valence-corrected chi connectivity index (χ3v) is 4.46. The Morgan fingerprint density at radius 2 is 1.88 bits per heavy atom. The van der Waals surface area contributed by atoms with Gasteiger partial charge in [0.05, 0.1) is 31.1 Å². The summed E-state index contributed by atoms with van der Waals surface area (Å²) in [6.45, 7) is 3.73. The van der Waals surface area contributed by atoms with E-state index in [0.29, 0.717) is 23.3 Å². The van der Waals surface area contributed by atoms with Crippen LogP contribution >= 0.6 is 11.6 Å². The Kier molecular flexibility index (Phi) is 5.04.